The van der Waals surface area contributed by atoms with Crippen molar-refractivity contribution in [2.75, 3.05) is 52.6 Å². The lowest BCUT2D eigenvalue weighted by Gasteiger charge is -2.26. The summed E-state index contributed by atoms with van der Waals surface area (Å²) in [7, 11) is 0. The number of hydrogen-bond acceptors (Lipinski definition) is 6. The van der Waals surface area contributed by atoms with Gasteiger partial charge in [-0.3, -0.25) is 10.8 Å². The molecule has 45 heavy (non-hydrogen) atoms. The molecule has 11 nitrogen and oxygen atoms in total. The van der Waals surface area contributed by atoms with Crippen molar-refractivity contribution in [2.45, 2.75) is 26.3 Å². The number of halogens is 2. The highest BCUT2D eigenvalue weighted by Gasteiger charge is 2.23. The fourth-order valence-electron chi connectivity index (χ4n) is 5.53. The first-order valence-corrected chi connectivity index (χ1v) is 15.0. The standard InChI is InChI=1S/C32H39F2N9O2/c1-2-44-17-18-45-16-15-43-29(25-5-3-23(19-27(25)33)21-7-11-41(12-8-21)31(35)36)39-40-30(43)26-6-4-24(20-28(26)34)22-9-13-42(14-10-22)32(37)38/h3-7,9,19-20H,2,8,10-18H2,1H3,(H3,35,36)(H3,37,38). The SMILES string of the molecule is CCOCCOCCn1c(-c2ccc(C3=CCN(C(=N)N)CC3)cc2F)nnc1-c1ccc(C2=CCN(C(=N)N)CC2)cc1F. The van der Waals surface area contributed by atoms with Crippen molar-refractivity contribution in [2.24, 2.45) is 11.5 Å². The van der Waals surface area contributed by atoms with Crippen LogP contribution in [0, 0.1) is 22.5 Å². The molecule has 0 spiro atoms. The first-order chi connectivity index (χ1) is 21.8. The first-order valence-electron chi connectivity index (χ1n) is 15.0. The lowest BCUT2D eigenvalue weighted by atomic mass is 9.97. The number of rotatable bonds is 11. The van der Waals surface area contributed by atoms with E-state index in [0.717, 1.165) is 22.3 Å². The molecule has 2 aromatic carbocycles. The van der Waals surface area contributed by atoms with Crippen LogP contribution in [0.1, 0.15) is 30.9 Å². The molecule has 0 fully saturated rings. The summed E-state index contributed by atoms with van der Waals surface area (Å²) < 4.78 is 44.2. The molecule has 13 heteroatoms. The Morgan fingerprint density at radius 3 is 1.67 bits per heavy atom. The van der Waals surface area contributed by atoms with E-state index < -0.39 is 11.6 Å². The summed E-state index contributed by atoms with van der Waals surface area (Å²) in [6, 6.07) is 9.96. The summed E-state index contributed by atoms with van der Waals surface area (Å²) in [6.45, 7) is 6.03. The maximum Gasteiger partial charge on any atom is 0.188 e. The largest absolute Gasteiger partial charge is 0.379 e. The highest BCUT2D eigenvalue weighted by atomic mass is 19.1. The summed E-state index contributed by atoms with van der Waals surface area (Å²) in [5.41, 5.74) is 15.1. The average molecular weight is 620 g/mol. The summed E-state index contributed by atoms with van der Waals surface area (Å²) in [4.78, 5) is 3.49. The van der Waals surface area contributed by atoms with Crippen LogP contribution in [-0.2, 0) is 16.0 Å². The lowest BCUT2D eigenvalue weighted by molar-refractivity contribution is 0.0499. The van der Waals surface area contributed by atoms with E-state index in [9.17, 15) is 0 Å². The molecular formula is C32H39F2N9O2. The van der Waals surface area contributed by atoms with Gasteiger partial charge in [0.05, 0.1) is 30.9 Å². The number of nitrogens with one attached hydrogen (secondary N) is 2. The van der Waals surface area contributed by atoms with Crippen molar-refractivity contribution in [3.63, 3.8) is 0 Å². The number of nitrogens with zero attached hydrogens (tertiary/aromatic N) is 5. The maximum absolute atomic E-state index is 15.7. The van der Waals surface area contributed by atoms with Crippen LogP contribution in [0.25, 0.3) is 33.9 Å². The predicted octanol–water partition coefficient (Wildman–Crippen LogP) is 3.91. The second kappa shape index (κ2) is 14.4. The third kappa shape index (κ3) is 7.37. The van der Waals surface area contributed by atoms with E-state index in [2.05, 4.69) is 10.2 Å². The highest BCUT2D eigenvalue weighted by molar-refractivity contribution is 5.78. The fourth-order valence-corrected chi connectivity index (χ4v) is 5.53. The van der Waals surface area contributed by atoms with E-state index in [1.54, 1.807) is 26.5 Å². The maximum atomic E-state index is 15.7. The Balaban J connectivity index is 1.43. The molecule has 1 aromatic heterocycles. The smallest absolute Gasteiger partial charge is 0.188 e. The molecule has 0 amide bonds. The van der Waals surface area contributed by atoms with E-state index in [-0.39, 0.29) is 47.8 Å². The molecule has 3 heterocycles. The Kier molecular flexibility index (Phi) is 10.2. The van der Waals surface area contributed by atoms with Crippen LogP contribution >= 0.6 is 0 Å². The molecule has 2 aliphatic heterocycles. The van der Waals surface area contributed by atoms with Crippen LogP contribution in [0.3, 0.4) is 0 Å². The molecule has 238 valence electrons. The number of ether oxygens (including phenoxy) is 2. The monoisotopic (exact) mass is 619 g/mol. The minimum absolute atomic E-state index is 0.0157. The quantitative estimate of drug-likeness (QED) is 0.143. The van der Waals surface area contributed by atoms with Gasteiger partial charge in [0.2, 0.25) is 0 Å². The molecule has 0 bridgehead atoms. The van der Waals surface area contributed by atoms with E-state index in [0.29, 0.717) is 58.8 Å². The first kappa shape index (κ1) is 31.8. The summed E-state index contributed by atoms with van der Waals surface area (Å²) in [5, 5.41) is 23.9. The topological polar surface area (TPSA) is 155 Å². The summed E-state index contributed by atoms with van der Waals surface area (Å²) in [5.74, 6) is -0.376. The van der Waals surface area contributed by atoms with Crippen LogP contribution in [0.2, 0.25) is 0 Å². The molecule has 2 aliphatic rings. The highest BCUT2D eigenvalue weighted by Crippen LogP contribution is 2.32. The molecule has 5 rings (SSSR count). The van der Waals surface area contributed by atoms with Gasteiger partial charge in [0.25, 0.3) is 0 Å². The van der Waals surface area contributed by atoms with Crippen LogP contribution in [0.15, 0.2) is 48.6 Å². The van der Waals surface area contributed by atoms with Crippen molar-refractivity contribution in [3.05, 3.63) is 71.3 Å². The second-order valence-electron chi connectivity index (χ2n) is 10.8. The normalized spacial score (nSPS) is 15.2. The molecule has 0 saturated carbocycles. The van der Waals surface area contributed by atoms with Crippen LogP contribution in [0.5, 0.6) is 0 Å². The van der Waals surface area contributed by atoms with E-state index in [1.165, 1.54) is 12.1 Å². The van der Waals surface area contributed by atoms with Crippen molar-refractivity contribution >= 4 is 23.1 Å². The number of guanidine groups is 2. The van der Waals surface area contributed by atoms with Gasteiger partial charge in [-0.2, -0.15) is 0 Å². The van der Waals surface area contributed by atoms with Crippen LogP contribution in [-0.4, -0.2) is 89.1 Å². The molecule has 0 radical (unpaired) electrons. The number of benzene rings is 2. The van der Waals surface area contributed by atoms with Gasteiger partial charge in [-0.05, 0) is 66.3 Å². The molecule has 3 aromatic rings. The number of nitrogens with two attached hydrogens (primary N) is 2. The van der Waals surface area contributed by atoms with Gasteiger partial charge in [0, 0.05) is 39.3 Å². The fraction of sp³-hybridized carbons (Fsp3) is 0.375. The molecular weight excluding hydrogens is 580 g/mol. The van der Waals surface area contributed by atoms with Crippen molar-refractivity contribution < 1.29 is 18.3 Å². The van der Waals surface area contributed by atoms with Crippen LogP contribution < -0.4 is 11.5 Å². The zero-order chi connectivity index (χ0) is 31.9. The van der Waals surface area contributed by atoms with Gasteiger partial charge >= 0.3 is 0 Å². The Morgan fingerprint density at radius 1 is 0.778 bits per heavy atom. The molecule has 0 unspecified atom stereocenters. The van der Waals surface area contributed by atoms with Gasteiger partial charge in [-0.15, -0.1) is 10.2 Å². The Morgan fingerprint density at radius 2 is 1.27 bits per heavy atom. The molecule has 0 atom stereocenters. The van der Waals surface area contributed by atoms with Crippen molar-refractivity contribution in [1.29, 1.82) is 10.8 Å². The average Bonchev–Trinajstić information content (AvgIpc) is 3.45. The van der Waals surface area contributed by atoms with Crippen LogP contribution in [0.4, 0.5) is 8.78 Å². The van der Waals surface area contributed by atoms with Gasteiger partial charge in [-0.1, -0.05) is 24.3 Å². The minimum Gasteiger partial charge on any atom is -0.379 e. The Hall–Kier alpha value is -4.62. The Labute approximate surface area is 261 Å². The van der Waals surface area contributed by atoms with E-state index in [1.807, 2.05) is 31.2 Å². The zero-order valence-corrected chi connectivity index (χ0v) is 25.4. The molecule has 0 saturated heterocycles. The zero-order valence-electron chi connectivity index (χ0n) is 25.4. The minimum atomic E-state index is -0.473. The third-order valence-electron chi connectivity index (χ3n) is 8.05. The van der Waals surface area contributed by atoms with Gasteiger partial charge in [-0.25, -0.2) is 8.78 Å². The summed E-state index contributed by atoms with van der Waals surface area (Å²) >= 11 is 0. The van der Waals surface area contributed by atoms with Crippen molar-refractivity contribution in [3.8, 4) is 22.8 Å². The lowest BCUT2D eigenvalue weighted by Crippen LogP contribution is -2.39. The van der Waals surface area contributed by atoms with Gasteiger partial charge in [0.15, 0.2) is 23.6 Å². The third-order valence-corrected chi connectivity index (χ3v) is 8.05. The predicted molar refractivity (Wildman–Crippen MR) is 170 cm³/mol. The number of hydrogen-bond donors (Lipinski definition) is 4. The van der Waals surface area contributed by atoms with E-state index in [4.69, 9.17) is 31.8 Å². The Bertz CT molecular complexity index is 1510. The molecule has 0 aliphatic carbocycles. The second-order valence-corrected chi connectivity index (χ2v) is 10.8. The van der Waals surface area contributed by atoms with Gasteiger partial charge in [0.1, 0.15) is 11.6 Å². The molecule has 6 N–H and O–H groups in total. The van der Waals surface area contributed by atoms with Crippen molar-refractivity contribution in [1.82, 2.24) is 24.6 Å². The number of aromatic nitrogens is 3. The van der Waals surface area contributed by atoms with Gasteiger partial charge < -0.3 is 35.3 Å². The van der Waals surface area contributed by atoms with E-state index >= 15 is 8.78 Å². The summed E-state index contributed by atoms with van der Waals surface area (Å²) in [6.07, 6.45) is 5.18.